The molecule has 0 heterocycles. The Kier molecular flexibility index (Phi) is 6.84. The van der Waals surface area contributed by atoms with Crippen molar-refractivity contribution in [3.05, 3.63) is 35.4 Å². The molecule has 1 aromatic carbocycles. The van der Waals surface area contributed by atoms with Crippen LogP contribution < -0.4 is 5.32 Å². The predicted octanol–water partition coefficient (Wildman–Crippen LogP) is 2.67. The fourth-order valence-corrected chi connectivity index (χ4v) is 1.24. The van der Waals surface area contributed by atoms with Crippen LogP contribution in [-0.2, 0) is 0 Å². The van der Waals surface area contributed by atoms with Gasteiger partial charge in [-0.25, -0.2) is 0 Å². The predicted molar refractivity (Wildman–Crippen MR) is 65.8 cm³/mol. The molecule has 0 atom stereocenters. The molecular weight excluding hydrogens is 202 g/mol. The number of rotatable bonds is 3. The number of hydrogen-bond donors (Lipinski definition) is 1. The van der Waals surface area contributed by atoms with Crippen LogP contribution in [0.4, 0.5) is 0 Å². The van der Waals surface area contributed by atoms with Gasteiger partial charge in [0.25, 0.3) is 5.91 Å². The van der Waals surface area contributed by atoms with Crippen LogP contribution in [-0.4, -0.2) is 18.2 Å². The first kappa shape index (κ1) is 14.4. The number of nitrogens with one attached hydrogen (secondary N) is 1. The van der Waals surface area contributed by atoms with Gasteiger partial charge in [-0.05, 0) is 19.9 Å². The number of ketones is 1. The molecule has 0 aromatic heterocycles. The summed E-state index contributed by atoms with van der Waals surface area (Å²) >= 11 is 0. The molecule has 0 aliphatic rings. The average molecular weight is 221 g/mol. The van der Waals surface area contributed by atoms with Crippen LogP contribution >= 0.6 is 0 Å². The maximum atomic E-state index is 11.5. The third-order valence-electron chi connectivity index (χ3n) is 1.89. The Hall–Kier alpha value is -1.64. The van der Waals surface area contributed by atoms with Gasteiger partial charge in [-0.1, -0.05) is 32.0 Å². The van der Waals surface area contributed by atoms with Crippen LogP contribution in [0.2, 0.25) is 0 Å². The van der Waals surface area contributed by atoms with Crippen molar-refractivity contribution in [1.82, 2.24) is 5.32 Å². The Balaban J connectivity index is 0.00000106. The van der Waals surface area contributed by atoms with Crippen LogP contribution in [0.3, 0.4) is 0 Å². The van der Waals surface area contributed by atoms with E-state index in [1.165, 1.54) is 6.92 Å². The second kappa shape index (κ2) is 7.63. The fourth-order valence-electron chi connectivity index (χ4n) is 1.24. The molecule has 16 heavy (non-hydrogen) atoms. The summed E-state index contributed by atoms with van der Waals surface area (Å²) in [5.41, 5.74) is 0.917. The van der Waals surface area contributed by atoms with Crippen LogP contribution in [0.15, 0.2) is 24.3 Å². The Morgan fingerprint density at radius 1 is 1.12 bits per heavy atom. The highest BCUT2D eigenvalue weighted by atomic mass is 16.2. The lowest BCUT2D eigenvalue weighted by molar-refractivity contribution is 0.0940. The Morgan fingerprint density at radius 2 is 1.62 bits per heavy atom. The first-order valence-electron chi connectivity index (χ1n) is 5.55. The van der Waals surface area contributed by atoms with Crippen molar-refractivity contribution in [2.24, 2.45) is 0 Å². The molecule has 0 fully saturated rings. The van der Waals surface area contributed by atoms with E-state index in [1.807, 2.05) is 20.8 Å². The minimum absolute atomic E-state index is 0.0909. The lowest BCUT2D eigenvalue weighted by atomic mass is 10.0. The standard InChI is InChI=1S/C11H13NO2.C2H6/c1-3-12-11(14)10-7-5-4-6-9(10)8(2)13;1-2/h4-7H,3H2,1-2H3,(H,12,14);1-2H3. The molecule has 1 amide bonds. The number of carbonyl (C=O) groups excluding carboxylic acids is 2. The van der Waals surface area contributed by atoms with Crippen molar-refractivity contribution < 1.29 is 9.59 Å². The summed E-state index contributed by atoms with van der Waals surface area (Å²) in [4.78, 5) is 22.7. The largest absolute Gasteiger partial charge is 0.352 e. The molecule has 0 aliphatic heterocycles. The zero-order valence-corrected chi connectivity index (χ0v) is 10.3. The third kappa shape index (κ3) is 3.85. The van der Waals surface area contributed by atoms with Crippen molar-refractivity contribution >= 4 is 11.7 Å². The molecule has 0 bridgehead atoms. The average Bonchev–Trinajstić information content (AvgIpc) is 2.32. The number of hydrogen-bond acceptors (Lipinski definition) is 2. The molecule has 0 spiro atoms. The van der Waals surface area contributed by atoms with Gasteiger partial charge in [-0.3, -0.25) is 9.59 Å². The lowest BCUT2D eigenvalue weighted by Gasteiger charge is -2.05. The number of amides is 1. The van der Waals surface area contributed by atoms with Crippen LogP contribution in [0.1, 0.15) is 48.4 Å². The molecule has 0 unspecified atom stereocenters. The molecule has 0 saturated heterocycles. The van der Waals surface area contributed by atoms with Gasteiger partial charge < -0.3 is 5.32 Å². The first-order valence-corrected chi connectivity index (χ1v) is 5.55. The normalized spacial score (nSPS) is 8.75. The second-order valence-electron chi connectivity index (χ2n) is 2.96. The third-order valence-corrected chi connectivity index (χ3v) is 1.89. The van der Waals surface area contributed by atoms with Crippen molar-refractivity contribution in [3.8, 4) is 0 Å². The lowest BCUT2D eigenvalue weighted by Crippen LogP contribution is -2.24. The molecule has 3 heteroatoms. The monoisotopic (exact) mass is 221 g/mol. The quantitative estimate of drug-likeness (QED) is 0.797. The van der Waals surface area contributed by atoms with Gasteiger partial charge in [0.15, 0.2) is 5.78 Å². The Labute approximate surface area is 96.9 Å². The second-order valence-corrected chi connectivity index (χ2v) is 2.96. The summed E-state index contributed by atoms with van der Waals surface area (Å²) < 4.78 is 0. The molecule has 88 valence electrons. The van der Waals surface area contributed by atoms with Gasteiger partial charge in [-0.2, -0.15) is 0 Å². The summed E-state index contributed by atoms with van der Waals surface area (Å²) in [6.45, 7) is 7.86. The molecule has 1 aromatic rings. The Bertz CT molecular complexity index is 359. The van der Waals surface area contributed by atoms with Crippen molar-refractivity contribution in [1.29, 1.82) is 0 Å². The van der Waals surface area contributed by atoms with Crippen molar-refractivity contribution in [2.45, 2.75) is 27.7 Å². The summed E-state index contributed by atoms with van der Waals surface area (Å²) in [6, 6.07) is 6.81. The zero-order valence-electron chi connectivity index (χ0n) is 10.3. The van der Waals surface area contributed by atoms with E-state index in [9.17, 15) is 9.59 Å². The van der Waals surface area contributed by atoms with Gasteiger partial charge in [0, 0.05) is 12.1 Å². The topological polar surface area (TPSA) is 46.2 Å². The van der Waals surface area contributed by atoms with Gasteiger partial charge in [-0.15, -0.1) is 0 Å². The van der Waals surface area contributed by atoms with Gasteiger partial charge >= 0.3 is 0 Å². The molecule has 0 radical (unpaired) electrons. The van der Waals surface area contributed by atoms with E-state index in [-0.39, 0.29) is 11.7 Å². The van der Waals surface area contributed by atoms with Crippen LogP contribution in [0.25, 0.3) is 0 Å². The summed E-state index contributed by atoms with van der Waals surface area (Å²) in [6.07, 6.45) is 0. The van der Waals surface area contributed by atoms with E-state index in [4.69, 9.17) is 0 Å². The van der Waals surface area contributed by atoms with Gasteiger partial charge in [0.2, 0.25) is 0 Å². The number of Topliss-reactive ketones (excluding diaryl/α,β-unsaturated/α-hetero) is 1. The van der Waals surface area contributed by atoms with Crippen molar-refractivity contribution in [3.63, 3.8) is 0 Å². The zero-order chi connectivity index (χ0) is 12.6. The highest BCUT2D eigenvalue weighted by Crippen LogP contribution is 2.08. The fraction of sp³-hybridized carbons (Fsp3) is 0.385. The SMILES string of the molecule is CC.CCNC(=O)c1ccccc1C(C)=O. The van der Waals surface area contributed by atoms with E-state index in [0.717, 1.165) is 0 Å². The molecule has 3 nitrogen and oxygen atoms in total. The molecule has 1 rings (SSSR count). The van der Waals surface area contributed by atoms with E-state index < -0.39 is 0 Å². The summed E-state index contributed by atoms with van der Waals surface area (Å²) in [7, 11) is 0. The summed E-state index contributed by atoms with van der Waals surface area (Å²) in [5.74, 6) is -0.287. The molecule has 0 saturated carbocycles. The maximum Gasteiger partial charge on any atom is 0.252 e. The Morgan fingerprint density at radius 3 is 2.06 bits per heavy atom. The van der Waals surface area contributed by atoms with Crippen LogP contribution in [0, 0.1) is 0 Å². The van der Waals surface area contributed by atoms with Gasteiger partial charge in [0.05, 0.1) is 5.56 Å². The van der Waals surface area contributed by atoms with E-state index in [2.05, 4.69) is 5.32 Å². The van der Waals surface area contributed by atoms with E-state index in [0.29, 0.717) is 17.7 Å². The van der Waals surface area contributed by atoms with Crippen molar-refractivity contribution in [2.75, 3.05) is 6.54 Å². The minimum Gasteiger partial charge on any atom is -0.352 e. The smallest absolute Gasteiger partial charge is 0.252 e. The highest BCUT2D eigenvalue weighted by molar-refractivity contribution is 6.07. The van der Waals surface area contributed by atoms with Gasteiger partial charge in [0.1, 0.15) is 0 Å². The highest BCUT2D eigenvalue weighted by Gasteiger charge is 2.12. The minimum atomic E-state index is -0.196. The molecule has 1 N–H and O–H groups in total. The number of benzene rings is 1. The first-order chi connectivity index (χ1) is 7.66. The van der Waals surface area contributed by atoms with E-state index >= 15 is 0 Å². The number of carbonyl (C=O) groups is 2. The maximum absolute atomic E-state index is 11.5. The van der Waals surface area contributed by atoms with E-state index in [1.54, 1.807) is 24.3 Å². The molecule has 0 aliphatic carbocycles. The summed E-state index contributed by atoms with van der Waals surface area (Å²) in [5, 5.41) is 2.67. The van der Waals surface area contributed by atoms with Crippen LogP contribution in [0.5, 0.6) is 0 Å². The molecular formula is C13H19NO2.